The van der Waals surface area contributed by atoms with Crippen LogP contribution in [0.3, 0.4) is 0 Å². The quantitative estimate of drug-likeness (QED) is 0.184. The van der Waals surface area contributed by atoms with Crippen molar-refractivity contribution in [3.63, 3.8) is 0 Å². The Kier molecular flexibility index (Phi) is 11.5. The zero-order chi connectivity index (χ0) is 37.7. The molecule has 4 rings (SSSR count). The normalized spacial score (nSPS) is 12.1. The standard InChI is InChI=1S/C34H36F2N6O8S/c1-6-15-50-31(45)27(16-20-7-12-28(37-19-20)42-29(43)13-14-41(5)33(42)47)39-30(44)23-17-25(36)26(18-24(23)35)40-51(48,49)22-10-8-21(9-11-22)38-32(46)34(2,3)4/h7-14,17-19,27,40H,6,15-16H2,1-5H3,(H,38,46)(H,39,44)/t27-/m0/s1. The second-order valence-corrected chi connectivity index (χ2v) is 14.1. The molecule has 0 saturated carbocycles. The minimum Gasteiger partial charge on any atom is -0.464 e. The van der Waals surface area contributed by atoms with Gasteiger partial charge in [-0.15, -0.1) is 0 Å². The maximum atomic E-state index is 15.2. The molecule has 0 aliphatic rings. The highest BCUT2D eigenvalue weighted by atomic mass is 32.2. The van der Waals surface area contributed by atoms with Crippen molar-refractivity contribution in [2.45, 2.75) is 51.5 Å². The molecule has 0 radical (unpaired) electrons. The molecule has 1 atom stereocenters. The number of carbonyl (C=O) groups is 3. The van der Waals surface area contributed by atoms with Gasteiger partial charge in [0.25, 0.3) is 21.5 Å². The van der Waals surface area contributed by atoms with Gasteiger partial charge in [-0.05, 0) is 48.4 Å². The summed E-state index contributed by atoms with van der Waals surface area (Å²) in [6.07, 6.45) is 2.82. The third kappa shape index (κ3) is 9.30. The van der Waals surface area contributed by atoms with Gasteiger partial charge in [0.05, 0.1) is 22.8 Å². The Hall–Kier alpha value is -5.71. The van der Waals surface area contributed by atoms with Crippen molar-refractivity contribution in [1.82, 2.24) is 19.4 Å². The van der Waals surface area contributed by atoms with E-state index in [0.717, 1.165) is 4.57 Å². The molecule has 2 amide bonds. The number of pyridine rings is 1. The van der Waals surface area contributed by atoms with E-state index in [9.17, 15) is 32.4 Å². The largest absolute Gasteiger partial charge is 0.464 e. The fourth-order valence-corrected chi connectivity index (χ4v) is 5.51. The summed E-state index contributed by atoms with van der Waals surface area (Å²) in [6, 6.07) is 8.59. The lowest BCUT2D eigenvalue weighted by molar-refractivity contribution is -0.146. The fourth-order valence-electron chi connectivity index (χ4n) is 4.45. The second-order valence-electron chi connectivity index (χ2n) is 12.5. The molecule has 0 spiro atoms. The van der Waals surface area contributed by atoms with Crippen LogP contribution in [0, 0.1) is 17.0 Å². The lowest BCUT2D eigenvalue weighted by Crippen LogP contribution is -2.43. The van der Waals surface area contributed by atoms with E-state index in [-0.39, 0.29) is 29.6 Å². The molecule has 270 valence electrons. The monoisotopic (exact) mass is 726 g/mol. The fraction of sp³-hybridized carbons (Fsp3) is 0.294. The van der Waals surface area contributed by atoms with Gasteiger partial charge < -0.3 is 19.9 Å². The zero-order valence-corrected chi connectivity index (χ0v) is 29.1. The summed E-state index contributed by atoms with van der Waals surface area (Å²) in [5.41, 5.74) is -2.88. The first kappa shape index (κ1) is 38.1. The van der Waals surface area contributed by atoms with Crippen molar-refractivity contribution in [2.75, 3.05) is 16.6 Å². The number of amides is 2. The van der Waals surface area contributed by atoms with Crippen molar-refractivity contribution < 1.29 is 36.3 Å². The van der Waals surface area contributed by atoms with Crippen LogP contribution < -0.4 is 26.6 Å². The van der Waals surface area contributed by atoms with Crippen LogP contribution in [-0.4, -0.2) is 53.0 Å². The van der Waals surface area contributed by atoms with Crippen molar-refractivity contribution in [3.8, 4) is 5.82 Å². The van der Waals surface area contributed by atoms with E-state index in [1.165, 1.54) is 66.5 Å². The van der Waals surface area contributed by atoms with E-state index < -0.39 is 67.5 Å². The molecule has 0 aliphatic heterocycles. The van der Waals surface area contributed by atoms with Gasteiger partial charge in [0.15, 0.2) is 0 Å². The Morgan fingerprint density at radius 3 is 2.27 bits per heavy atom. The van der Waals surface area contributed by atoms with Gasteiger partial charge in [0.1, 0.15) is 23.5 Å². The number of ether oxygens (including phenoxy) is 1. The predicted octanol–water partition coefficient (Wildman–Crippen LogP) is 3.29. The molecule has 0 aliphatic carbocycles. The molecule has 17 heteroatoms. The molecule has 51 heavy (non-hydrogen) atoms. The molecule has 0 saturated heterocycles. The Morgan fingerprint density at radius 2 is 1.67 bits per heavy atom. The second kappa shape index (κ2) is 15.5. The molecule has 0 fully saturated rings. The van der Waals surface area contributed by atoms with E-state index in [2.05, 4.69) is 15.6 Å². The number of aromatic nitrogens is 3. The number of aryl methyl sites for hydroxylation is 1. The predicted molar refractivity (Wildman–Crippen MR) is 183 cm³/mol. The maximum Gasteiger partial charge on any atom is 0.336 e. The van der Waals surface area contributed by atoms with Gasteiger partial charge in [-0.2, -0.15) is 0 Å². The minimum absolute atomic E-state index is 0.00830. The number of anilines is 2. The van der Waals surface area contributed by atoms with Gasteiger partial charge in [-0.3, -0.25) is 19.1 Å². The molecule has 2 aromatic heterocycles. The lowest BCUT2D eigenvalue weighted by Gasteiger charge is -2.19. The average Bonchev–Trinajstić information content (AvgIpc) is 3.07. The van der Waals surface area contributed by atoms with E-state index in [0.29, 0.717) is 29.8 Å². The molecule has 4 aromatic rings. The van der Waals surface area contributed by atoms with Crippen LogP contribution in [0.2, 0.25) is 0 Å². The molecular formula is C34H36F2N6O8S. The number of hydrogen-bond acceptors (Lipinski definition) is 9. The third-order valence-corrected chi connectivity index (χ3v) is 8.70. The number of rotatable bonds is 12. The van der Waals surface area contributed by atoms with Crippen molar-refractivity contribution in [1.29, 1.82) is 0 Å². The molecule has 14 nitrogen and oxygen atoms in total. The van der Waals surface area contributed by atoms with Crippen LogP contribution in [0.1, 0.15) is 50.0 Å². The van der Waals surface area contributed by atoms with Crippen LogP contribution in [0.5, 0.6) is 0 Å². The SMILES string of the molecule is CCCOC(=O)[C@H](Cc1ccc(-n2c(=O)ccn(C)c2=O)nc1)NC(=O)c1cc(F)c(NS(=O)(=O)c2ccc(NC(=O)C(C)(C)C)cc2)cc1F. The van der Waals surface area contributed by atoms with Gasteiger partial charge in [-0.25, -0.2) is 36.3 Å². The summed E-state index contributed by atoms with van der Waals surface area (Å²) >= 11 is 0. The Bertz CT molecular complexity index is 2180. The van der Waals surface area contributed by atoms with E-state index in [1.807, 2.05) is 4.72 Å². The first-order chi connectivity index (χ1) is 23.9. The van der Waals surface area contributed by atoms with Gasteiger partial charge in [-0.1, -0.05) is 33.8 Å². The Morgan fingerprint density at radius 1 is 0.980 bits per heavy atom. The molecule has 2 heterocycles. The topological polar surface area (TPSA) is 188 Å². The summed E-state index contributed by atoms with van der Waals surface area (Å²) in [5, 5.41) is 4.97. The number of nitrogens with zero attached hydrogens (tertiary/aromatic N) is 3. The van der Waals surface area contributed by atoms with Crippen LogP contribution >= 0.6 is 0 Å². The van der Waals surface area contributed by atoms with Gasteiger partial charge in [0, 0.05) is 49.1 Å². The summed E-state index contributed by atoms with van der Waals surface area (Å²) in [5.74, 6) is -4.95. The van der Waals surface area contributed by atoms with Crippen molar-refractivity contribution in [3.05, 3.63) is 111 Å². The third-order valence-electron chi connectivity index (χ3n) is 7.32. The van der Waals surface area contributed by atoms with Crippen LogP contribution in [0.4, 0.5) is 20.2 Å². The van der Waals surface area contributed by atoms with Crippen LogP contribution in [0.25, 0.3) is 5.82 Å². The smallest absolute Gasteiger partial charge is 0.336 e. The summed E-state index contributed by atoms with van der Waals surface area (Å²) in [7, 11) is -2.98. The van der Waals surface area contributed by atoms with E-state index in [4.69, 9.17) is 4.74 Å². The lowest BCUT2D eigenvalue weighted by atomic mass is 9.95. The molecule has 0 bridgehead atoms. The van der Waals surface area contributed by atoms with Crippen LogP contribution in [-0.2, 0) is 37.8 Å². The van der Waals surface area contributed by atoms with Gasteiger partial charge >= 0.3 is 11.7 Å². The minimum atomic E-state index is -4.44. The first-order valence-electron chi connectivity index (χ1n) is 15.6. The number of carbonyl (C=O) groups excluding carboxylic acids is 3. The number of esters is 1. The summed E-state index contributed by atoms with van der Waals surface area (Å²) in [4.78, 5) is 66.8. The molecule has 0 unspecified atom stereocenters. The summed E-state index contributed by atoms with van der Waals surface area (Å²) in [6.45, 7) is 6.87. The molecule has 2 aromatic carbocycles. The highest BCUT2D eigenvalue weighted by molar-refractivity contribution is 7.92. The van der Waals surface area contributed by atoms with Crippen molar-refractivity contribution in [2.24, 2.45) is 12.5 Å². The zero-order valence-electron chi connectivity index (χ0n) is 28.3. The number of hydrogen-bond donors (Lipinski definition) is 3. The van der Waals surface area contributed by atoms with Crippen LogP contribution in [0.15, 0.2) is 81.5 Å². The highest BCUT2D eigenvalue weighted by Gasteiger charge is 2.27. The van der Waals surface area contributed by atoms with Gasteiger partial charge in [0.2, 0.25) is 5.91 Å². The van der Waals surface area contributed by atoms with E-state index >= 15 is 8.78 Å². The first-order valence-corrected chi connectivity index (χ1v) is 17.0. The number of nitrogens with one attached hydrogen (secondary N) is 3. The average molecular weight is 727 g/mol. The summed E-state index contributed by atoms with van der Waals surface area (Å²) < 4.78 is 65.4. The van der Waals surface area contributed by atoms with Crippen molar-refractivity contribution >= 4 is 39.2 Å². The Balaban J connectivity index is 1.52. The Labute approximate surface area is 291 Å². The highest BCUT2D eigenvalue weighted by Crippen LogP contribution is 2.25. The number of benzene rings is 2. The number of halogens is 2. The number of sulfonamides is 1. The van der Waals surface area contributed by atoms with E-state index in [1.54, 1.807) is 27.7 Å². The maximum absolute atomic E-state index is 15.2. The molecule has 3 N–H and O–H groups in total. The molecular weight excluding hydrogens is 690 g/mol.